The molecule has 2 aromatic carbocycles. The van der Waals surface area contributed by atoms with Crippen molar-refractivity contribution in [1.29, 1.82) is 0 Å². The molecule has 2 rings (SSSR count). The molecule has 0 spiro atoms. The van der Waals surface area contributed by atoms with Crippen LogP contribution in [-0.2, 0) is 22.4 Å². The fourth-order valence-corrected chi connectivity index (χ4v) is 2.26. The molecule has 0 saturated carbocycles. The van der Waals surface area contributed by atoms with E-state index in [9.17, 15) is 14.0 Å². The molecule has 0 bridgehead atoms. The Morgan fingerprint density at radius 1 is 1.12 bits per heavy atom. The maximum Gasteiger partial charge on any atom is 0.287 e. The number of hydrogen-bond acceptors (Lipinski definition) is 3. The van der Waals surface area contributed by atoms with Gasteiger partial charge in [-0.3, -0.25) is 9.59 Å². The Labute approximate surface area is 140 Å². The summed E-state index contributed by atoms with van der Waals surface area (Å²) >= 11 is 0. The largest absolute Gasteiger partial charge is 0.497 e. The summed E-state index contributed by atoms with van der Waals surface area (Å²) in [5.74, 6) is -1.04. The molecular formula is C19H20FNO3. The minimum absolute atomic E-state index is 0.232. The van der Waals surface area contributed by atoms with Gasteiger partial charge in [-0.1, -0.05) is 24.3 Å². The first-order valence-electron chi connectivity index (χ1n) is 7.68. The first-order valence-corrected chi connectivity index (χ1v) is 7.68. The summed E-state index contributed by atoms with van der Waals surface area (Å²) in [6, 6.07) is 12.1. The summed E-state index contributed by atoms with van der Waals surface area (Å²) in [5.41, 5.74) is 2.02. The Morgan fingerprint density at radius 2 is 1.83 bits per heavy atom. The predicted octanol–water partition coefficient (Wildman–Crippen LogP) is 2.61. The molecule has 126 valence electrons. The summed E-state index contributed by atoms with van der Waals surface area (Å²) in [5, 5.41) is 2.57. The van der Waals surface area contributed by atoms with E-state index in [1.54, 1.807) is 20.1 Å². The van der Waals surface area contributed by atoms with Crippen LogP contribution >= 0.6 is 0 Å². The number of nitrogens with one attached hydrogen (secondary N) is 1. The van der Waals surface area contributed by atoms with Crippen LogP contribution in [0.15, 0.2) is 42.5 Å². The van der Waals surface area contributed by atoms with E-state index in [1.807, 2.05) is 24.3 Å². The van der Waals surface area contributed by atoms with Gasteiger partial charge in [0.05, 0.1) is 7.11 Å². The summed E-state index contributed by atoms with van der Waals surface area (Å²) in [6.07, 6.45) is 0.363. The number of ether oxygens (including phenoxy) is 1. The molecule has 0 fully saturated rings. The second-order valence-electron chi connectivity index (χ2n) is 5.55. The Morgan fingerprint density at radius 3 is 2.46 bits per heavy atom. The molecule has 0 saturated heterocycles. The van der Waals surface area contributed by atoms with E-state index in [4.69, 9.17) is 4.74 Å². The average Bonchev–Trinajstić information content (AvgIpc) is 2.57. The highest BCUT2D eigenvalue weighted by atomic mass is 19.1. The average molecular weight is 329 g/mol. The Balaban J connectivity index is 1.81. The van der Waals surface area contributed by atoms with Crippen molar-refractivity contribution < 1.29 is 18.7 Å². The lowest BCUT2D eigenvalue weighted by atomic mass is 10.1. The van der Waals surface area contributed by atoms with Gasteiger partial charge in [0.1, 0.15) is 11.6 Å². The number of halogens is 1. The van der Waals surface area contributed by atoms with Gasteiger partial charge in [0, 0.05) is 13.0 Å². The van der Waals surface area contributed by atoms with Crippen LogP contribution in [-0.4, -0.2) is 25.3 Å². The van der Waals surface area contributed by atoms with Gasteiger partial charge < -0.3 is 10.1 Å². The van der Waals surface area contributed by atoms with E-state index >= 15 is 0 Å². The molecule has 0 aliphatic carbocycles. The summed E-state index contributed by atoms with van der Waals surface area (Å²) < 4.78 is 18.8. The van der Waals surface area contributed by atoms with Crippen LogP contribution in [0.1, 0.15) is 16.7 Å². The second-order valence-corrected chi connectivity index (χ2v) is 5.55. The third-order valence-electron chi connectivity index (χ3n) is 3.67. The van der Waals surface area contributed by atoms with Crippen LogP contribution in [0.3, 0.4) is 0 Å². The standard InChI is InChI=1S/C19H20FNO3/c1-13-3-6-15(17(20)11-13)12-18(22)19(23)21-10-9-14-4-7-16(24-2)8-5-14/h3-8,11H,9-10,12H2,1-2H3,(H,21,23). The molecule has 2 aromatic rings. The molecule has 24 heavy (non-hydrogen) atoms. The van der Waals surface area contributed by atoms with Crippen LogP contribution < -0.4 is 10.1 Å². The van der Waals surface area contributed by atoms with Crippen molar-refractivity contribution in [2.45, 2.75) is 19.8 Å². The minimum Gasteiger partial charge on any atom is -0.497 e. The number of Topliss-reactive ketones (excluding diaryl/α,β-unsaturated/α-hetero) is 1. The third-order valence-corrected chi connectivity index (χ3v) is 3.67. The van der Waals surface area contributed by atoms with Gasteiger partial charge in [-0.15, -0.1) is 0 Å². The number of rotatable bonds is 7. The van der Waals surface area contributed by atoms with Gasteiger partial charge in [0.15, 0.2) is 0 Å². The van der Waals surface area contributed by atoms with Gasteiger partial charge in [0.2, 0.25) is 5.78 Å². The van der Waals surface area contributed by atoms with Gasteiger partial charge in [-0.05, 0) is 48.2 Å². The Kier molecular flexibility index (Phi) is 6.07. The molecule has 1 amide bonds. The monoisotopic (exact) mass is 329 g/mol. The lowest BCUT2D eigenvalue weighted by Gasteiger charge is -2.07. The number of ketones is 1. The van der Waals surface area contributed by atoms with Crippen LogP contribution in [0.5, 0.6) is 5.75 Å². The Bertz CT molecular complexity index is 726. The summed E-state index contributed by atoms with van der Waals surface area (Å²) in [4.78, 5) is 23.7. The zero-order valence-corrected chi connectivity index (χ0v) is 13.8. The second kappa shape index (κ2) is 8.24. The molecule has 0 aliphatic rings. The van der Waals surface area contributed by atoms with E-state index in [2.05, 4.69) is 5.32 Å². The molecule has 5 heteroatoms. The quantitative estimate of drug-likeness (QED) is 0.795. The number of amides is 1. The topological polar surface area (TPSA) is 55.4 Å². The van der Waals surface area contributed by atoms with Gasteiger partial charge in [-0.2, -0.15) is 0 Å². The van der Waals surface area contributed by atoms with E-state index < -0.39 is 17.5 Å². The first kappa shape index (κ1) is 17.7. The first-order chi connectivity index (χ1) is 11.5. The summed E-state index contributed by atoms with van der Waals surface area (Å²) in [7, 11) is 1.59. The van der Waals surface area contributed by atoms with Crippen molar-refractivity contribution in [1.82, 2.24) is 5.32 Å². The van der Waals surface area contributed by atoms with Crippen molar-refractivity contribution in [3.05, 3.63) is 65.0 Å². The van der Waals surface area contributed by atoms with E-state index in [1.165, 1.54) is 12.1 Å². The number of hydrogen-bond donors (Lipinski definition) is 1. The molecule has 4 nitrogen and oxygen atoms in total. The summed E-state index contributed by atoms with van der Waals surface area (Å²) in [6.45, 7) is 2.11. The minimum atomic E-state index is -0.691. The Hall–Kier alpha value is -2.69. The smallest absolute Gasteiger partial charge is 0.287 e. The van der Waals surface area contributed by atoms with Crippen LogP contribution in [0.2, 0.25) is 0 Å². The van der Waals surface area contributed by atoms with Gasteiger partial charge in [-0.25, -0.2) is 4.39 Å². The number of carbonyl (C=O) groups is 2. The molecule has 0 aromatic heterocycles. The number of carbonyl (C=O) groups excluding carboxylic acids is 2. The van der Waals surface area contributed by atoms with Crippen molar-refractivity contribution in [2.75, 3.05) is 13.7 Å². The number of aryl methyl sites for hydroxylation is 1. The molecule has 0 atom stereocenters. The zero-order valence-electron chi connectivity index (χ0n) is 13.8. The highest BCUT2D eigenvalue weighted by Gasteiger charge is 2.16. The fourth-order valence-electron chi connectivity index (χ4n) is 2.26. The molecule has 0 radical (unpaired) electrons. The fraction of sp³-hybridized carbons (Fsp3) is 0.263. The predicted molar refractivity (Wildman–Crippen MR) is 89.6 cm³/mol. The molecule has 0 aliphatic heterocycles. The third kappa shape index (κ3) is 4.91. The normalized spacial score (nSPS) is 10.3. The number of methoxy groups -OCH3 is 1. The van der Waals surface area contributed by atoms with Gasteiger partial charge in [0.25, 0.3) is 5.91 Å². The lowest BCUT2D eigenvalue weighted by Crippen LogP contribution is -2.33. The zero-order chi connectivity index (χ0) is 17.5. The molecule has 0 heterocycles. The van der Waals surface area contributed by atoms with E-state index in [0.717, 1.165) is 16.9 Å². The van der Waals surface area contributed by atoms with E-state index in [-0.39, 0.29) is 12.0 Å². The SMILES string of the molecule is COc1ccc(CCNC(=O)C(=O)Cc2ccc(C)cc2F)cc1. The van der Waals surface area contributed by atoms with E-state index in [0.29, 0.717) is 13.0 Å². The van der Waals surface area contributed by atoms with Crippen molar-refractivity contribution >= 4 is 11.7 Å². The molecule has 1 N–H and O–H groups in total. The van der Waals surface area contributed by atoms with Crippen molar-refractivity contribution in [3.8, 4) is 5.75 Å². The highest BCUT2D eigenvalue weighted by molar-refractivity contribution is 6.36. The van der Waals surface area contributed by atoms with Gasteiger partial charge >= 0.3 is 0 Å². The number of benzene rings is 2. The lowest BCUT2D eigenvalue weighted by molar-refractivity contribution is -0.137. The maximum atomic E-state index is 13.7. The van der Waals surface area contributed by atoms with Crippen molar-refractivity contribution in [2.24, 2.45) is 0 Å². The molecular weight excluding hydrogens is 309 g/mol. The van der Waals surface area contributed by atoms with Crippen LogP contribution in [0, 0.1) is 12.7 Å². The molecule has 0 unspecified atom stereocenters. The van der Waals surface area contributed by atoms with Crippen molar-refractivity contribution in [3.63, 3.8) is 0 Å². The van der Waals surface area contributed by atoms with Crippen LogP contribution in [0.4, 0.5) is 4.39 Å². The maximum absolute atomic E-state index is 13.7. The van der Waals surface area contributed by atoms with Crippen LogP contribution in [0.25, 0.3) is 0 Å². The highest BCUT2D eigenvalue weighted by Crippen LogP contribution is 2.12.